The van der Waals surface area contributed by atoms with Crippen LogP contribution in [0, 0.1) is 5.92 Å². The van der Waals surface area contributed by atoms with Crippen LogP contribution in [0.5, 0.6) is 0 Å². The van der Waals surface area contributed by atoms with Crippen LogP contribution in [-0.4, -0.2) is 56.7 Å². The lowest BCUT2D eigenvalue weighted by Gasteiger charge is -2.24. The number of carbonyl (C=O) groups is 2. The van der Waals surface area contributed by atoms with Crippen LogP contribution in [0.4, 0.5) is 0 Å². The Kier molecular flexibility index (Phi) is 7.21. The van der Waals surface area contributed by atoms with Crippen molar-refractivity contribution in [3.63, 3.8) is 0 Å². The van der Waals surface area contributed by atoms with Gasteiger partial charge in [0.05, 0.1) is 18.1 Å². The summed E-state index contributed by atoms with van der Waals surface area (Å²) in [6, 6.07) is -0.429. The molecular weight excluding hydrogens is 322 g/mol. The van der Waals surface area contributed by atoms with Gasteiger partial charge in [-0.15, -0.1) is 6.58 Å². The van der Waals surface area contributed by atoms with E-state index in [0.717, 1.165) is 0 Å². The minimum absolute atomic E-state index is 0.0660. The Bertz CT molecular complexity index is 542. The molecule has 132 valence electrons. The van der Waals surface area contributed by atoms with Crippen LogP contribution < -0.4 is 5.32 Å². The molecule has 3 atom stereocenters. The van der Waals surface area contributed by atoms with Gasteiger partial charge in [0, 0.05) is 6.04 Å². The average Bonchev–Trinajstić information content (AvgIpc) is 2.80. The van der Waals surface area contributed by atoms with Gasteiger partial charge in [-0.2, -0.15) is 0 Å². The molecule has 0 bridgehead atoms. The first-order chi connectivity index (χ1) is 10.7. The third-order valence-electron chi connectivity index (χ3n) is 3.48. The number of carbonyl (C=O) groups excluding carboxylic acids is 2. The predicted octanol–water partition coefficient (Wildman–Crippen LogP) is 0.449. The second-order valence-corrected chi connectivity index (χ2v) is 8.20. The number of ether oxygens (including phenoxy) is 2. The molecule has 0 radical (unpaired) electrons. The Labute approximate surface area is 137 Å². The Morgan fingerprint density at radius 3 is 2.48 bits per heavy atom. The molecule has 1 fully saturated rings. The van der Waals surface area contributed by atoms with Crippen molar-refractivity contribution in [1.29, 1.82) is 0 Å². The van der Waals surface area contributed by atoms with Crippen LogP contribution in [-0.2, 0) is 28.9 Å². The van der Waals surface area contributed by atoms with Gasteiger partial charge in [-0.1, -0.05) is 19.9 Å². The van der Waals surface area contributed by atoms with Gasteiger partial charge in [0.1, 0.15) is 0 Å². The standard InChI is InChI=1S/C15H25NO6S/c1-5-7-21-11(4)15(18)22-13(10(2)3)14(17)16-12-6-8-23(19,20)9-12/h5,10-13H,1,6-9H2,2-4H3,(H,16,17). The molecule has 1 aliphatic rings. The molecule has 0 aliphatic carbocycles. The molecular formula is C15H25NO6S. The minimum atomic E-state index is -3.09. The van der Waals surface area contributed by atoms with Crippen molar-refractivity contribution in [2.45, 2.75) is 45.4 Å². The first-order valence-corrected chi connectivity index (χ1v) is 9.42. The van der Waals surface area contributed by atoms with E-state index < -0.39 is 40.0 Å². The molecule has 1 aliphatic heterocycles. The Morgan fingerprint density at radius 1 is 1.35 bits per heavy atom. The Hall–Kier alpha value is -1.41. The van der Waals surface area contributed by atoms with Crippen LogP contribution in [0.15, 0.2) is 12.7 Å². The van der Waals surface area contributed by atoms with Crippen molar-refractivity contribution < 1.29 is 27.5 Å². The second-order valence-electron chi connectivity index (χ2n) is 5.97. The van der Waals surface area contributed by atoms with Gasteiger partial charge in [0.25, 0.3) is 5.91 Å². The Balaban J connectivity index is 2.61. The van der Waals surface area contributed by atoms with Crippen molar-refractivity contribution in [3.05, 3.63) is 12.7 Å². The molecule has 8 heteroatoms. The summed E-state index contributed by atoms with van der Waals surface area (Å²) < 4.78 is 33.3. The van der Waals surface area contributed by atoms with E-state index in [4.69, 9.17) is 9.47 Å². The van der Waals surface area contributed by atoms with Crippen molar-refractivity contribution in [2.75, 3.05) is 18.1 Å². The highest BCUT2D eigenvalue weighted by atomic mass is 32.2. The topological polar surface area (TPSA) is 98.8 Å². The number of rotatable bonds is 8. The van der Waals surface area contributed by atoms with Gasteiger partial charge in [0.2, 0.25) is 0 Å². The SMILES string of the molecule is C=CCOC(C)C(=O)OC(C(=O)NC1CCS(=O)(=O)C1)C(C)C. The van der Waals surface area contributed by atoms with Crippen molar-refractivity contribution in [1.82, 2.24) is 5.32 Å². The zero-order valence-electron chi connectivity index (χ0n) is 13.8. The highest BCUT2D eigenvalue weighted by molar-refractivity contribution is 7.91. The lowest BCUT2D eigenvalue weighted by atomic mass is 10.1. The average molecular weight is 347 g/mol. The highest BCUT2D eigenvalue weighted by Gasteiger charge is 2.34. The third kappa shape index (κ3) is 6.31. The van der Waals surface area contributed by atoms with Crippen LogP contribution in [0.2, 0.25) is 0 Å². The summed E-state index contributed by atoms with van der Waals surface area (Å²) in [6.45, 7) is 8.72. The first kappa shape index (κ1) is 19.6. The summed E-state index contributed by atoms with van der Waals surface area (Å²) in [5.74, 6) is -1.37. The summed E-state index contributed by atoms with van der Waals surface area (Å²) >= 11 is 0. The molecule has 23 heavy (non-hydrogen) atoms. The smallest absolute Gasteiger partial charge is 0.335 e. The molecule has 0 spiro atoms. The highest BCUT2D eigenvalue weighted by Crippen LogP contribution is 2.14. The van der Waals surface area contributed by atoms with E-state index >= 15 is 0 Å². The molecule has 1 saturated heterocycles. The normalized spacial score (nSPS) is 22.3. The molecule has 1 heterocycles. The van der Waals surface area contributed by atoms with Crippen LogP contribution in [0.3, 0.4) is 0 Å². The zero-order valence-corrected chi connectivity index (χ0v) is 14.6. The van der Waals surface area contributed by atoms with Crippen LogP contribution in [0.25, 0.3) is 0 Å². The van der Waals surface area contributed by atoms with E-state index in [1.165, 1.54) is 13.0 Å². The van der Waals surface area contributed by atoms with Crippen molar-refractivity contribution in [3.8, 4) is 0 Å². The summed E-state index contributed by atoms with van der Waals surface area (Å²) in [5, 5.41) is 2.65. The summed E-state index contributed by atoms with van der Waals surface area (Å²) in [6.07, 6.45) is 0.0947. The number of hydrogen-bond donors (Lipinski definition) is 1. The zero-order chi connectivity index (χ0) is 17.6. The van der Waals surface area contributed by atoms with E-state index in [1.807, 2.05) is 0 Å². The molecule has 0 aromatic heterocycles. The molecule has 0 aromatic carbocycles. The number of amides is 1. The van der Waals surface area contributed by atoms with Crippen molar-refractivity contribution >= 4 is 21.7 Å². The molecule has 3 unspecified atom stereocenters. The fraction of sp³-hybridized carbons (Fsp3) is 0.733. The quantitative estimate of drug-likeness (QED) is 0.505. The fourth-order valence-corrected chi connectivity index (χ4v) is 3.86. The largest absolute Gasteiger partial charge is 0.450 e. The number of hydrogen-bond acceptors (Lipinski definition) is 6. The van der Waals surface area contributed by atoms with E-state index in [-0.39, 0.29) is 24.0 Å². The molecule has 0 saturated carbocycles. The van der Waals surface area contributed by atoms with Crippen LogP contribution >= 0.6 is 0 Å². The van der Waals surface area contributed by atoms with Gasteiger partial charge < -0.3 is 14.8 Å². The van der Waals surface area contributed by atoms with E-state index in [0.29, 0.717) is 6.42 Å². The van der Waals surface area contributed by atoms with Gasteiger partial charge in [0.15, 0.2) is 22.0 Å². The third-order valence-corrected chi connectivity index (χ3v) is 5.25. The maximum atomic E-state index is 12.3. The second kappa shape index (κ2) is 8.44. The van der Waals surface area contributed by atoms with E-state index in [2.05, 4.69) is 11.9 Å². The summed E-state index contributed by atoms with van der Waals surface area (Å²) in [4.78, 5) is 24.2. The maximum absolute atomic E-state index is 12.3. The summed E-state index contributed by atoms with van der Waals surface area (Å²) in [5.41, 5.74) is 0. The maximum Gasteiger partial charge on any atom is 0.335 e. The monoisotopic (exact) mass is 347 g/mol. The molecule has 7 nitrogen and oxygen atoms in total. The van der Waals surface area contributed by atoms with Gasteiger partial charge in [-0.3, -0.25) is 4.79 Å². The Morgan fingerprint density at radius 2 is 2.00 bits per heavy atom. The van der Waals surface area contributed by atoms with Gasteiger partial charge >= 0.3 is 5.97 Å². The number of esters is 1. The number of nitrogens with one attached hydrogen (secondary N) is 1. The lowest BCUT2D eigenvalue weighted by molar-refractivity contribution is -0.168. The summed E-state index contributed by atoms with van der Waals surface area (Å²) in [7, 11) is -3.09. The minimum Gasteiger partial charge on any atom is -0.450 e. The fourth-order valence-electron chi connectivity index (χ4n) is 2.19. The molecule has 0 aromatic rings. The predicted molar refractivity (Wildman–Crippen MR) is 85.5 cm³/mol. The number of sulfone groups is 1. The van der Waals surface area contributed by atoms with Crippen molar-refractivity contribution in [2.24, 2.45) is 5.92 Å². The molecule has 1 amide bonds. The lowest BCUT2D eigenvalue weighted by Crippen LogP contribution is -2.46. The molecule has 1 N–H and O–H groups in total. The van der Waals surface area contributed by atoms with Crippen LogP contribution in [0.1, 0.15) is 27.2 Å². The first-order valence-electron chi connectivity index (χ1n) is 7.60. The van der Waals surface area contributed by atoms with Gasteiger partial charge in [-0.05, 0) is 19.3 Å². The molecule has 1 rings (SSSR count). The van der Waals surface area contributed by atoms with Gasteiger partial charge in [-0.25, -0.2) is 13.2 Å². The van der Waals surface area contributed by atoms with E-state index in [9.17, 15) is 18.0 Å². The van der Waals surface area contributed by atoms with E-state index in [1.54, 1.807) is 13.8 Å².